The summed E-state index contributed by atoms with van der Waals surface area (Å²) >= 11 is 1.21. The zero-order chi connectivity index (χ0) is 18.0. The molecule has 2 atom stereocenters. The molecule has 8 nitrogen and oxygen atoms in total. The summed E-state index contributed by atoms with van der Waals surface area (Å²) in [6, 6.07) is 1.54. The number of esters is 1. The van der Waals surface area contributed by atoms with Gasteiger partial charge >= 0.3 is 5.97 Å². The quantitative estimate of drug-likeness (QED) is 0.682. The van der Waals surface area contributed by atoms with Crippen molar-refractivity contribution in [3.63, 3.8) is 0 Å². The topological polar surface area (TPSA) is 105 Å². The highest BCUT2D eigenvalue weighted by molar-refractivity contribution is 7.91. The number of piperazine rings is 1. The van der Waals surface area contributed by atoms with Crippen LogP contribution in [0, 0.1) is 0 Å². The van der Waals surface area contributed by atoms with Crippen LogP contribution >= 0.6 is 11.3 Å². The second-order valence-corrected chi connectivity index (χ2v) is 9.26. The number of methoxy groups -OCH3 is 1. The van der Waals surface area contributed by atoms with E-state index in [-0.39, 0.29) is 35.9 Å². The van der Waals surface area contributed by atoms with E-state index in [2.05, 4.69) is 20.3 Å². The van der Waals surface area contributed by atoms with Crippen molar-refractivity contribution in [3.8, 4) is 0 Å². The van der Waals surface area contributed by atoms with Crippen LogP contribution in [0.4, 0.5) is 5.69 Å². The van der Waals surface area contributed by atoms with E-state index in [0.29, 0.717) is 17.1 Å². The van der Waals surface area contributed by atoms with Crippen molar-refractivity contribution < 1.29 is 22.7 Å². The molecule has 2 saturated heterocycles. The summed E-state index contributed by atoms with van der Waals surface area (Å²) < 4.78 is 28.4. The number of hydrogen-bond acceptors (Lipinski definition) is 8. The van der Waals surface area contributed by atoms with Crippen LogP contribution in [0.2, 0.25) is 0 Å². The van der Waals surface area contributed by atoms with E-state index < -0.39 is 15.8 Å². The Morgan fingerprint density at radius 3 is 3.00 bits per heavy atom. The Bertz CT molecular complexity index is 761. The second kappa shape index (κ2) is 7.40. The molecular formula is C15H21N3O5S2. The highest BCUT2D eigenvalue weighted by atomic mass is 32.2. The first-order valence-corrected chi connectivity index (χ1v) is 10.7. The van der Waals surface area contributed by atoms with Crippen LogP contribution in [-0.2, 0) is 19.4 Å². The predicted octanol–water partition coefficient (Wildman–Crippen LogP) is -0.0659. The van der Waals surface area contributed by atoms with E-state index in [1.165, 1.54) is 18.4 Å². The summed E-state index contributed by atoms with van der Waals surface area (Å²) in [6.07, 6.45) is 0.236. The molecule has 2 N–H and O–H groups in total. The molecule has 0 aromatic carbocycles. The molecule has 10 heteroatoms. The van der Waals surface area contributed by atoms with E-state index >= 15 is 0 Å². The number of fused-ring (bicyclic) bond motifs is 1. The molecule has 1 aromatic rings. The molecule has 0 radical (unpaired) electrons. The number of hydrogen-bond donors (Lipinski definition) is 2. The molecule has 0 unspecified atom stereocenters. The van der Waals surface area contributed by atoms with E-state index in [1.54, 1.807) is 11.4 Å². The maximum Gasteiger partial charge on any atom is 0.350 e. The normalized spacial score (nSPS) is 25.3. The van der Waals surface area contributed by atoms with Gasteiger partial charge in [0.1, 0.15) is 4.88 Å². The number of sulfone groups is 1. The van der Waals surface area contributed by atoms with Gasteiger partial charge in [-0.2, -0.15) is 0 Å². The number of ether oxygens (including phenoxy) is 1. The summed E-state index contributed by atoms with van der Waals surface area (Å²) in [5, 5.41) is 7.69. The summed E-state index contributed by atoms with van der Waals surface area (Å²) in [5.74, 6) is -0.382. The van der Waals surface area contributed by atoms with Gasteiger partial charge in [-0.3, -0.25) is 9.69 Å². The Morgan fingerprint density at radius 2 is 2.24 bits per heavy atom. The minimum absolute atomic E-state index is 0.0513. The van der Waals surface area contributed by atoms with Crippen LogP contribution in [-0.4, -0.2) is 75.5 Å². The van der Waals surface area contributed by atoms with Gasteiger partial charge in [0.05, 0.1) is 24.3 Å². The van der Waals surface area contributed by atoms with E-state index in [9.17, 15) is 18.0 Å². The van der Waals surface area contributed by atoms with E-state index in [4.69, 9.17) is 0 Å². The fourth-order valence-electron chi connectivity index (χ4n) is 3.34. The fourth-order valence-corrected chi connectivity index (χ4v) is 6.09. The van der Waals surface area contributed by atoms with Gasteiger partial charge in [-0.05, 0) is 11.4 Å². The Kier molecular flexibility index (Phi) is 5.42. The fraction of sp³-hybridized carbons (Fsp3) is 0.600. The predicted molar refractivity (Wildman–Crippen MR) is 94.7 cm³/mol. The van der Waals surface area contributed by atoms with Crippen molar-refractivity contribution >= 4 is 38.7 Å². The molecule has 3 rings (SSSR count). The van der Waals surface area contributed by atoms with Gasteiger partial charge < -0.3 is 15.4 Å². The first-order chi connectivity index (χ1) is 11.9. The Balaban J connectivity index is 1.56. The number of carbonyl (C=O) groups is 2. The number of amides is 1. The van der Waals surface area contributed by atoms with Crippen LogP contribution in [0.1, 0.15) is 16.1 Å². The first kappa shape index (κ1) is 18.3. The van der Waals surface area contributed by atoms with Crippen LogP contribution in [0.5, 0.6) is 0 Å². The maximum absolute atomic E-state index is 12.2. The van der Waals surface area contributed by atoms with Gasteiger partial charge in [-0.15, -0.1) is 11.3 Å². The van der Waals surface area contributed by atoms with Crippen molar-refractivity contribution in [2.75, 3.05) is 43.6 Å². The molecule has 0 spiro atoms. The summed E-state index contributed by atoms with van der Waals surface area (Å²) in [6.45, 7) is 1.92. The van der Waals surface area contributed by atoms with Gasteiger partial charge in [0.25, 0.3) is 0 Å². The standard InChI is InChI=1S/C15H21N3O5S2/c1-23-15(20)14-10(3-7-24-14)17-13(19)2-5-18-6-4-16-11-8-25(21,22)9-12(11)18/h3,7,11-12,16H,2,4-6,8-9H2,1H3,(H,17,19)/t11-,12+/m1/s1. The Labute approximate surface area is 150 Å². The zero-order valence-electron chi connectivity index (χ0n) is 13.9. The van der Waals surface area contributed by atoms with Gasteiger partial charge in [0, 0.05) is 38.1 Å². The average molecular weight is 387 g/mol. The van der Waals surface area contributed by atoms with Gasteiger partial charge in [0.2, 0.25) is 5.91 Å². The molecule has 2 aliphatic rings. The molecule has 25 heavy (non-hydrogen) atoms. The monoisotopic (exact) mass is 387 g/mol. The van der Waals surface area contributed by atoms with Crippen LogP contribution < -0.4 is 10.6 Å². The lowest BCUT2D eigenvalue weighted by Crippen LogP contribution is -2.57. The lowest BCUT2D eigenvalue weighted by molar-refractivity contribution is -0.116. The molecule has 2 fully saturated rings. The van der Waals surface area contributed by atoms with E-state index in [0.717, 1.165) is 13.1 Å². The minimum atomic E-state index is -3.01. The third kappa shape index (κ3) is 4.20. The molecule has 138 valence electrons. The molecule has 2 aliphatic heterocycles. The molecule has 0 bridgehead atoms. The largest absolute Gasteiger partial charge is 0.465 e. The molecule has 3 heterocycles. The van der Waals surface area contributed by atoms with Gasteiger partial charge in [-0.1, -0.05) is 0 Å². The van der Waals surface area contributed by atoms with Crippen LogP contribution in [0.25, 0.3) is 0 Å². The number of nitrogens with one attached hydrogen (secondary N) is 2. The maximum atomic E-state index is 12.2. The van der Waals surface area contributed by atoms with Crippen molar-refractivity contribution in [2.45, 2.75) is 18.5 Å². The third-order valence-corrected chi connectivity index (χ3v) is 7.14. The smallest absolute Gasteiger partial charge is 0.350 e. The Hall–Kier alpha value is -1.49. The SMILES string of the molecule is COC(=O)c1sccc1NC(=O)CCN1CCN[C@@H]2CS(=O)(=O)C[C@@H]21. The molecule has 0 aliphatic carbocycles. The highest BCUT2D eigenvalue weighted by Gasteiger charge is 2.42. The summed E-state index contributed by atoms with van der Waals surface area (Å²) in [4.78, 5) is 26.3. The van der Waals surface area contributed by atoms with Crippen molar-refractivity contribution in [3.05, 3.63) is 16.3 Å². The van der Waals surface area contributed by atoms with E-state index in [1.807, 2.05) is 0 Å². The molecule has 0 saturated carbocycles. The number of carbonyl (C=O) groups excluding carboxylic acids is 2. The van der Waals surface area contributed by atoms with Gasteiger partial charge in [0.15, 0.2) is 9.84 Å². The number of thiophene rings is 1. The zero-order valence-corrected chi connectivity index (χ0v) is 15.5. The molecular weight excluding hydrogens is 366 g/mol. The van der Waals surface area contributed by atoms with Crippen LogP contribution in [0.3, 0.4) is 0 Å². The van der Waals surface area contributed by atoms with Crippen molar-refractivity contribution in [1.29, 1.82) is 0 Å². The average Bonchev–Trinajstić information content (AvgIpc) is 3.14. The summed E-state index contributed by atoms with van der Waals surface area (Å²) in [5.41, 5.74) is 0.448. The summed E-state index contributed by atoms with van der Waals surface area (Å²) in [7, 11) is -1.72. The lowest BCUT2D eigenvalue weighted by Gasteiger charge is -2.37. The number of rotatable bonds is 5. The third-order valence-electron chi connectivity index (χ3n) is 4.53. The van der Waals surface area contributed by atoms with Crippen LogP contribution in [0.15, 0.2) is 11.4 Å². The molecule has 1 amide bonds. The van der Waals surface area contributed by atoms with Crippen molar-refractivity contribution in [2.24, 2.45) is 0 Å². The van der Waals surface area contributed by atoms with Crippen molar-refractivity contribution in [1.82, 2.24) is 10.2 Å². The Morgan fingerprint density at radius 1 is 1.44 bits per heavy atom. The van der Waals surface area contributed by atoms with Gasteiger partial charge in [-0.25, -0.2) is 13.2 Å². The lowest BCUT2D eigenvalue weighted by atomic mass is 10.1. The second-order valence-electron chi connectivity index (χ2n) is 6.19. The highest BCUT2D eigenvalue weighted by Crippen LogP contribution is 2.24. The first-order valence-electron chi connectivity index (χ1n) is 8.03. The number of anilines is 1. The number of nitrogens with zero attached hydrogens (tertiary/aromatic N) is 1. The molecule has 1 aromatic heterocycles. The minimum Gasteiger partial charge on any atom is -0.465 e.